The van der Waals surface area contributed by atoms with Gasteiger partial charge in [0.1, 0.15) is 17.2 Å². The van der Waals surface area contributed by atoms with Crippen molar-refractivity contribution in [3.63, 3.8) is 0 Å². The van der Waals surface area contributed by atoms with Crippen molar-refractivity contribution < 1.29 is 23.8 Å². The van der Waals surface area contributed by atoms with Gasteiger partial charge in [-0.25, -0.2) is 9.18 Å². The maximum absolute atomic E-state index is 13.3. The summed E-state index contributed by atoms with van der Waals surface area (Å²) in [5, 5.41) is 12.3. The van der Waals surface area contributed by atoms with E-state index in [9.17, 15) is 19.1 Å². The first-order valence-electron chi connectivity index (χ1n) is 8.36. The van der Waals surface area contributed by atoms with Gasteiger partial charge in [-0.05, 0) is 52.7 Å². The molecule has 0 aliphatic carbocycles. The van der Waals surface area contributed by atoms with Crippen LogP contribution in [0.25, 0.3) is 0 Å². The fourth-order valence-electron chi connectivity index (χ4n) is 2.74. The Morgan fingerprint density at radius 3 is 2.64 bits per heavy atom. The number of likely N-dealkylation sites (tertiary alicyclic amines) is 1. The highest BCUT2D eigenvalue weighted by molar-refractivity contribution is 5.94. The lowest BCUT2D eigenvalue weighted by Crippen LogP contribution is -2.49. The molecule has 1 aliphatic rings. The van der Waals surface area contributed by atoms with Crippen molar-refractivity contribution in [3.05, 3.63) is 24.0 Å². The number of aromatic hydroxyl groups is 1. The number of carbonyl (C=O) groups is 2. The Bertz CT molecular complexity index is 657. The zero-order chi connectivity index (χ0) is 18.8. The average Bonchev–Trinajstić information content (AvgIpc) is 2.49. The van der Waals surface area contributed by atoms with Gasteiger partial charge in [0, 0.05) is 18.7 Å². The van der Waals surface area contributed by atoms with E-state index in [2.05, 4.69) is 5.32 Å². The lowest BCUT2D eigenvalue weighted by atomic mass is 9.93. The van der Waals surface area contributed by atoms with Gasteiger partial charge in [0.05, 0.1) is 11.6 Å². The Kier molecular flexibility index (Phi) is 5.55. The molecule has 1 heterocycles. The smallest absolute Gasteiger partial charge is 0.410 e. The van der Waals surface area contributed by atoms with Crippen molar-refractivity contribution in [2.45, 2.75) is 52.2 Å². The van der Waals surface area contributed by atoms with Gasteiger partial charge >= 0.3 is 6.09 Å². The first-order valence-corrected chi connectivity index (χ1v) is 8.36. The number of phenols is 1. The summed E-state index contributed by atoms with van der Waals surface area (Å²) in [5.74, 6) is -1.57. The van der Waals surface area contributed by atoms with E-state index >= 15 is 0 Å². The zero-order valence-electron chi connectivity index (χ0n) is 15.0. The maximum Gasteiger partial charge on any atom is 0.410 e. The number of piperidine rings is 1. The number of halogens is 1. The van der Waals surface area contributed by atoms with Gasteiger partial charge < -0.3 is 20.1 Å². The highest BCUT2D eigenvalue weighted by Gasteiger charge is 2.35. The van der Waals surface area contributed by atoms with E-state index in [4.69, 9.17) is 4.74 Å². The van der Waals surface area contributed by atoms with Crippen LogP contribution in [0.2, 0.25) is 0 Å². The molecule has 2 amide bonds. The largest absolute Gasteiger partial charge is 0.506 e. The van der Waals surface area contributed by atoms with Crippen LogP contribution in [0.5, 0.6) is 5.75 Å². The zero-order valence-corrected chi connectivity index (χ0v) is 15.0. The van der Waals surface area contributed by atoms with Gasteiger partial charge in [-0.15, -0.1) is 0 Å². The molecule has 2 N–H and O–H groups in total. The van der Waals surface area contributed by atoms with E-state index in [1.807, 2.05) is 6.92 Å². The molecule has 0 aromatic heterocycles. The molecule has 2 atom stereocenters. The fraction of sp³-hybridized carbons (Fsp3) is 0.556. The molecule has 25 heavy (non-hydrogen) atoms. The van der Waals surface area contributed by atoms with Crippen molar-refractivity contribution in [1.82, 2.24) is 4.90 Å². The van der Waals surface area contributed by atoms with Crippen LogP contribution in [0, 0.1) is 11.7 Å². The lowest BCUT2D eigenvalue weighted by Gasteiger charge is -2.38. The van der Waals surface area contributed by atoms with E-state index in [-0.39, 0.29) is 29.9 Å². The predicted octanol–water partition coefficient (Wildman–Crippen LogP) is 3.51. The normalized spacial score (nSPS) is 20.9. The summed E-state index contributed by atoms with van der Waals surface area (Å²) in [6.07, 6.45) is 0.806. The van der Waals surface area contributed by atoms with Crippen molar-refractivity contribution in [1.29, 1.82) is 0 Å². The first kappa shape index (κ1) is 19.0. The Morgan fingerprint density at radius 2 is 2.00 bits per heavy atom. The lowest BCUT2D eigenvalue weighted by molar-refractivity contribution is -0.121. The van der Waals surface area contributed by atoms with E-state index in [0.29, 0.717) is 12.8 Å². The number of nitrogens with one attached hydrogen (secondary N) is 1. The van der Waals surface area contributed by atoms with Crippen LogP contribution in [-0.2, 0) is 9.53 Å². The number of anilines is 1. The van der Waals surface area contributed by atoms with Crippen molar-refractivity contribution >= 4 is 17.7 Å². The van der Waals surface area contributed by atoms with Crippen LogP contribution in [-0.4, -0.2) is 40.2 Å². The second-order valence-corrected chi connectivity index (χ2v) is 7.41. The minimum atomic E-state index is -0.612. The van der Waals surface area contributed by atoms with Gasteiger partial charge in [-0.1, -0.05) is 0 Å². The Labute approximate surface area is 147 Å². The number of rotatable bonds is 2. The molecule has 1 fully saturated rings. The van der Waals surface area contributed by atoms with Gasteiger partial charge in [0.25, 0.3) is 0 Å². The summed E-state index contributed by atoms with van der Waals surface area (Å²) in [6, 6.07) is 3.32. The predicted molar refractivity (Wildman–Crippen MR) is 91.8 cm³/mol. The van der Waals surface area contributed by atoms with Crippen molar-refractivity contribution in [2.24, 2.45) is 5.92 Å². The van der Waals surface area contributed by atoms with E-state index < -0.39 is 23.4 Å². The van der Waals surface area contributed by atoms with Gasteiger partial charge in [0.2, 0.25) is 5.91 Å². The molecular weight excluding hydrogens is 327 g/mol. The van der Waals surface area contributed by atoms with Crippen LogP contribution in [0.4, 0.5) is 14.9 Å². The summed E-state index contributed by atoms with van der Waals surface area (Å²) < 4.78 is 18.7. The standard InChI is InChI=1S/C18H25FN2O4/c1-11-5-6-12(10-21(11)17(24)25-18(2,3)4)16(23)20-14-9-13(19)7-8-15(14)22/h7-9,11-12,22H,5-6,10H2,1-4H3,(H,20,23). The second-order valence-electron chi connectivity index (χ2n) is 7.41. The monoisotopic (exact) mass is 352 g/mol. The number of amides is 2. The molecule has 2 unspecified atom stereocenters. The summed E-state index contributed by atoms with van der Waals surface area (Å²) in [7, 11) is 0. The molecule has 0 spiro atoms. The molecule has 0 bridgehead atoms. The third kappa shape index (κ3) is 5.08. The van der Waals surface area contributed by atoms with Gasteiger partial charge in [0.15, 0.2) is 0 Å². The van der Waals surface area contributed by atoms with Crippen LogP contribution >= 0.6 is 0 Å². The molecule has 138 valence electrons. The Morgan fingerprint density at radius 1 is 1.32 bits per heavy atom. The molecule has 1 saturated heterocycles. The highest BCUT2D eigenvalue weighted by atomic mass is 19.1. The number of ether oxygens (including phenoxy) is 1. The number of benzene rings is 1. The van der Waals surface area contributed by atoms with E-state index in [0.717, 1.165) is 12.1 Å². The van der Waals surface area contributed by atoms with Crippen LogP contribution < -0.4 is 5.32 Å². The SMILES string of the molecule is CC1CCC(C(=O)Nc2cc(F)ccc2O)CN1C(=O)OC(C)(C)C. The number of nitrogens with zero attached hydrogens (tertiary/aromatic N) is 1. The van der Waals surface area contributed by atoms with Crippen molar-refractivity contribution in [3.8, 4) is 5.75 Å². The number of hydrogen-bond acceptors (Lipinski definition) is 4. The number of hydrogen-bond donors (Lipinski definition) is 2. The Hall–Kier alpha value is -2.31. The average molecular weight is 352 g/mol. The quantitative estimate of drug-likeness (QED) is 0.799. The molecule has 0 saturated carbocycles. The molecule has 1 aromatic carbocycles. The molecule has 7 heteroatoms. The third-order valence-corrected chi connectivity index (χ3v) is 4.10. The summed E-state index contributed by atoms with van der Waals surface area (Å²) in [4.78, 5) is 26.3. The van der Waals surface area contributed by atoms with E-state index in [1.165, 1.54) is 6.07 Å². The summed E-state index contributed by atoms with van der Waals surface area (Å²) >= 11 is 0. The van der Waals surface area contributed by atoms with Gasteiger partial charge in [-0.3, -0.25) is 4.79 Å². The van der Waals surface area contributed by atoms with Crippen LogP contribution in [0.3, 0.4) is 0 Å². The first-order chi connectivity index (χ1) is 11.6. The Balaban J connectivity index is 2.05. The second kappa shape index (κ2) is 7.29. The number of phenolic OH excluding ortho intramolecular Hbond substituents is 1. The number of carbonyl (C=O) groups excluding carboxylic acids is 2. The highest BCUT2D eigenvalue weighted by Crippen LogP contribution is 2.28. The molecule has 0 radical (unpaired) electrons. The van der Waals surface area contributed by atoms with Gasteiger partial charge in [-0.2, -0.15) is 0 Å². The van der Waals surface area contributed by atoms with Crippen molar-refractivity contribution in [2.75, 3.05) is 11.9 Å². The molecule has 1 aliphatic heterocycles. The minimum Gasteiger partial charge on any atom is -0.506 e. The summed E-state index contributed by atoms with van der Waals surface area (Å²) in [6.45, 7) is 7.50. The van der Waals surface area contributed by atoms with Crippen LogP contribution in [0.15, 0.2) is 18.2 Å². The van der Waals surface area contributed by atoms with E-state index in [1.54, 1.807) is 25.7 Å². The third-order valence-electron chi connectivity index (χ3n) is 4.10. The topological polar surface area (TPSA) is 78.9 Å². The summed E-state index contributed by atoms with van der Waals surface area (Å²) in [5.41, 5.74) is -0.591. The van der Waals surface area contributed by atoms with Crippen LogP contribution in [0.1, 0.15) is 40.5 Å². The minimum absolute atomic E-state index is 0.0208. The molecule has 6 nitrogen and oxygen atoms in total. The molecule has 1 aromatic rings. The fourth-order valence-corrected chi connectivity index (χ4v) is 2.74. The molecule has 2 rings (SSSR count). The molecular formula is C18H25FN2O4. The maximum atomic E-state index is 13.3.